The van der Waals surface area contributed by atoms with Crippen molar-refractivity contribution in [2.75, 3.05) is 18.0 Å². The number of hydrogen-bond donors (Lipinski definition) is 1. The van der Waals surface area contributed by atoms with Gasteiger partial charge in [0, 0.05) is 36.3 Å². The van der Waals surface area contributed by atoms with Gasteiger partial charge in [0.15, 0.2) is 0 Å². The second-order valence-electron chi connectivity index (χ2n) is 6.94. The number of carbonyl (C=O) groups excluding carboxylic acids is 1. The predicted molar refractivity (Wildman–Crippen MR) is 101 cm³/mol. The van der Waals surface area contributed by atoms with Crippen molar-refractivity contribution in [3.05, 3.63) is 29.4 Å². The Labute approximate surface area is 152 Å². The van der Waals surface area contributed by atoms with Gasteiger partial charge >= 0.3 is 0 Å². The quantitative estimate of drug-likeness (QED) is 0.903. The fraction of sp³-hybridized carbons (Fsp3) is 0.526. The standard InChI is InChI=1S/C19H24N4OS/c24-18(21-15-6-2-3-7-15)16-13-25-19(22-16)14-8-9-20-17(12-14)23-10-4-1-5-11-23/h8-9,12-13,15H,1-7,10-11H2,(H,21,24). The van der Waals surface area contributed by atoms with E-state index in [-0.39, 0.29) is 5.91 Å². The molecule has 5 nitrogen and oxygen atoms in total. The predicted octanol–water partition coefficient (Wildman–Crippen LogP) is 3.87. The minimum absolute atomic E-state index is 0.0419. The van der Waals surface area contributed by atoms with E-state index in [2.05, 4.69) is 26.3 Å². The summed E-state index contributed by atoms with van der Waals surface area (Å²) in [5.74, 6) is 0.976. The number of amides is 1. The summed E-state index contributed by atoms with van der Waals surface area (Å²) in [6, 6.07) is 4.40. The Morgan fingerprint density at radius 1 is 1.16 bits per heavy atom. The lowest BCUT2D eigenvalue weighted by molar-refractivity contribution is 0.0933. The smallest absolute Gasteiger partial charge is 0.270 e. The average molecular weight is 356 g/mol. The minimum Gasteiger partial charge on any atom is -0.357 e. The maximum atomic E-state index is 12.4. The molecule has 0 radical (unpaired) electrons. The van der Waals surface area contributed by atoms with Gasteiger partial charge in [-0.25, -0.2) is 9.97 Å². The SMILES string of the molecule is O=C(NC1CCCC1)c1csc(-c2ccnc(N3CCCCC3)c2)n1. The van der Waals surface area contributed by atoms with Crippen molar-refractivity contribution >= 4 is 23.1 Å². The molecule has 1 saturated carbocycles. The molecule has 2 fully saturated rings. The summed E-state index contributed by atoms with van der Waals surface area (Å²) in [5, 5.41) is 5.86. The first-order valence-corrected chi connectivity index (χ1v) is 10.2. The molecule has 25 heavy (non-hydrogen) atoms. The Kier molecular flexibility index (Phi) is 4.97. The van der Waals surface area contributed by atoms with Crippen LogP contribution in [0.5, 0.6) is 0 Å². The van der Waals surface area contributed by atoms with E-state index in [9.17, 15) is 4.79 Å². The molecule has 0 bridgehead atoms. The van der Waals surface area contributed by atoms with E-state index in [1.54, 1.807) is 0 Å². The van der Waals surface area contributed by atoms with Crippen LogP contribution in [0.1, 0.15) is 55.4 Å². The maximum absolute atomic E-state index is 12.4. The van der Waals surface area contributed by atoms with Crippen LogP contribution in [0.2, 0.25) is 0 Å². The van der Waals surface area contributed by atoms with Gasteiger partial charge in [-0.2, -0.15) is 0 Å². The van der Waals surface area contributed by atoms with Gasteiger partial charge in [-0.15, -0.1) is 11.3 Å². The highest BCUT2D eigenvalue weighted by molar-refractivity contribution is 7.13. The van der Waals surface area contributed by atoms with Crippen molar-refractivity contribution in [1.82, 2.24) is 15.3 Å². The van der Waals surface area contributed by atoms with E-state index in [1.807, 2.05) is 17.6 Å². The topological polar surface area (TPSA) is 58.1 Å². The van der Waals surface area contributed by atoms with E-state index >= 15 is 0 Å². The summed E-state index contributed by atoms with van der Waals surface area (Å²) < 4.78 is 0. The Bertz CT molecular complexity index is 733. The zero-order valence-electron chi connectivity index (χ0n) is 14.4. The molecule has 6 heteroatoms. The number of nitrogens with one attached hydrogen (secondary N) is 1. The van der Waals surface area contributed by atoms with Crippen LogP contribution in [0.15, 0.2) is 23.7 Å². The second-order valence-corrected chi connectivity index (χ2v) is 7.80. The van der Waals surface area contributed by atoms with Crippen LogP contribution in [-0.4, -0.2) is 35.0 Å². The van der Waals surface area contributed by atoms with Crippen LogP contribution in [0.3, 0.4) is 0 Å². The van der Waals surface area contributed by atoms with Crippen LogP contribution < -0.4 is 10.2 Å². The Hall–Kier alpha value is -1.95. The molecule has 2 aliphatic rings. The van der Waals surface area contributed by atoms with Crippen molar-refractivity contribution in [2.24, 2.45) is 0 Å². The van der Waals surface area contributed by atoms with Gasteiger partial charge in [0.2, 0.25) is 0 Å². The number of aromatic nitrogens is 2. The van der Waals surface area contributed by atoms with E-state index in [0.29, 0.717) is 11.7 Å². The molecule has 1 aliphatic heterocycles. The summed E-state index contributed by atoms with van der Waals surface area (Å²) in [4.78, 5) is 23.8. The number of pyridine rings is 1. The third kappa shape index (κ3) is 3.84. The van der Waals surface area contributed by atoms with Crippen molar-refractivity contribution in [1.29, 1.82) is 0 Å². The van der Waals surface area contributed by atoms with E-state index in [4.69, 9.17) is 0 Å². The Morgan fingerprint density at radius 2 is 1.96 bits per heavy atom. The second kappa shape index (κ2) is 7.52. The third-order valence-corrected chi connectivity index (χ3v) is 5.99. The molecule has 0 spiro atoms. The van der Waals surface area contributed by atoms with Crippen LogP contribution in [0.25, 0.3) is 10.6 Å². The molecule has 2 aromatic rings. The van der Waals surface area contributed by atoms with E-state index in [1.165, 1.54) is 43.4 Å². The molecule has 1 amide bonds. The van der Waals surface area contributed by atoms with Crippen LogP contribution in [0.4, 0.5) is 5.82 Å². The minimum atomic E-state index is -0.0419. The molecule has 3 heterocycles. The van der Waals surface area contributed by atoms with Crippen LogP contribution in [0, 0.1) is 0 Å². The van der Waals surface area contributed by atoms with Crippen molar-refractivity contribution in [3.63, 3.8) is 0 Å². The Balaban J connectivity index is 1.48. The van der Waals surface area contributed by atoms with Gasteiger partial charge in [-0.3, -0.25) is 4.79 Å². The number of hydrogen-bond acceptors (Lipinski definition) is 5. The van der Waals surface area contributed by atoms with Gasteiger partial charge in [-0.1, -0.05) is 12.8 Å². The monoisotopic (exact) mass is 356 g/mol. The van der Waals surface area contributed by atoms with Gasteiger partial charge in [0.25, 0.3) is 5.91 Å². The fourth-order valence-corrected chi connectivity index (χ4v) is 4.48. The van der Waals surface area contributed by atoms with Gasteiger partial charge < -0.3 is 10.2 Å². The van der Waals surface area contributed by atoms with Gasteiger partial charge in [0.05, 0.1) is 0 Å². The van der Waals surface area contributed by atoms with E-state index in [0.717, 1.165) is 42.3 Å². The number of carbonyl (C=O) groups is 1. The lowest BCUT2D eigenvalue weighted by Crippen LogP contribution is -2.32. The third-order valence-electron chi connectivity index (χ3n) is 5.10. The molecule has 1 N–H and O–H groups in total. The molecule has 1 saturated heterocycles. The summed E-state index contributed by atoms with van der Waals surface area (Å²) >= 11 is 1.53. The first-order valence-electron chi connectivity index (χ1n) is 9.27. The maximum Gasteiger partial charge on any atom is 0.270 e. The number of nitrogens with zero attached hydrogens (tertiary/aromatic N) is 3. The molecule has 0 aromatic carbocycles. The summed E-state index contributed by atoms with van der Waals surface area (Å²) in [5.41, 5.74) is 1.57. The lowest BCUT2D eigenvalue weighted by Gasteiger charge is -2.27. The van der Waals surface area contributed by atoms with Crippen LogP contribution >= 0.6 is 11.3 Å². The first-order chi connectivity index (χ1) is 12.3. The molecular formula is C19H24N4OS. The van der Waals surface area contributed by atoms with Crippen molar-refractivity contribution in [2.45, 2.75) is 51.0 Å². The van der Waals surface area contributed by atoms with Crippen molar-refractivity contribution < 1.29 is 4.79 Å². The molecule has 4 rings (SSSR count). The first kappa shape index (κ1) is 16.5. The fourth-order valence-electron chi connectivity index (χ4n) is 3.69. The molecular weight excluding hydrogens is 332 g/mol. The largest absolute Gasteiger partial charge is 0.357 e. The highest BCUT2D eigenvalue weighted by atomic mass is 32.1. The molecule has 0 unspecified atom stereocenters. The summed E-state index contributed by atoms with van der Waals surface area (Å²) in [6.45, 7) is 2.15. The highest BCUT2D eigenvalue weighted by Gasteiger charge is 2.20. The Morgan fingerprint density at radius 3 is 2.76 bits per heavy atom. The van der Waals surface area contributed by atoms with Gasteiger partial charge in [0.1, 0.15) is 16.5 Å². The summed E-state index contributed by atoms with van der Waals surface area (Å²) in [7, 11) is 0. The summed E-state index contributed by atoms with van der Waals surface area (Å²) in [6.07, 6.45) is 10.2. The lowest BCUT2D eigenvalue weighted by atomic mass is 10.1. The van der Waals surface area contributed by atoms with Crippen LogP contribution in [-0.2, 0) is 0 Å². The number of thiazole rings is 1. The zero-order chi connectivity index (χ0) is 17.1. The number of rotatable bonds is 4. The highest BCUT2D eigenvalue weighted by Crippen LogP contribution is 2.27. The molecule has 0 atom stereocenters. The van der Waals surface area contributed by atoms with Gasteiger partial charge in [-0.05, 0) is 44.2 Å². The normalized spacial score (nSPS) is 18.5. The molecule has 1 aliphatic carbocycles. The molecule has 132 valence electrons. The number of anilines is 1. The van der Waals surface area contributed by atoms with Crippen molar-refractivity contribution in [3.8, 4) is 10.6 Å². The number of piperidine rings is 1. The zero-order valence-corrected chi connectivity index (χ0v) is 15.2. The average Bonchev–Trinajstić information content (AvgIpc) is 3.34. The molecule has 2 aromatic heterocycles. The van der Waals surface area contributed by atoms with E-state index < -0.39 is 0 Å².